The van der Waals surface area contributed by atoms with E-state index in [-0.39, 0.29) is 18.0 Å². The molecule has 1 aromatic rings. The summed E-state index contributed by atoms with van der Waals surface area (Å²) < 4.78 is 23.8. The van der Waals surface area contributed by atoms with Gasteiger partial charge in [0.15, 0.2) is 0 Å². The number of hydrogen-bond donors (Lipinski definition) is 1. The second-order valence-electron chi connectivity index (χ2n) is 2.96. The number of para-hydroxylation sites is 2. The van der Waals surface area contributed by atoms with Gasteiger partial charge in [-0.05, 0) is 12.1 Å². The fraction of sp³-hybridized carbons (Fsp3) is 0.200. The lowest BCUT2D eigenvalue weighted by atomic mass is 10.3. The molecule has 0 bridgehead atoms. The van der Waals surface area contributed by atoms with Gasteiger partial charge in [0.2, 0.25) is 10.0 Å². The molecule has 0 unspecified atom stereocenters. The summed E-state index contributed by atoms with van der Waals surface area (Å²) in [6.07, 6.45) is 6.11. The van der Waals surface area contributed by atoms with Crippen LogP contribution in [0.3, 0.4) is 0 Å². The third-order valence-corrected chi connectivity index (χ3v) is 2.91. The number of phenols is 1. The van der Waals surface area contributed by atoms with Gasteiger partial charge < -0.3 is 5.11 Å². The predicted molar refractivity (Wildman–Crippen MR) is 59.1 cm³/mol. The van der Waals surface area contributed by atoms with Crippen molar-refractivity contribution >= 4 is 15.7 Å². The largest absolute Gasteiger partial charge is 0.506 e. The molecule has 1 rings (SSSR count). The second kappa shape index (κ2) is 4.24. The lowest BCUT2D eigenvalue weighted by molar-refractivity contribution is 0.476. The molecular weight excluding hydrogens is 214 g/mol. The second-order valence-corrected chi connectivity index (χ2v) is 4.87. The number of rotatable bonds is 3. The monoisotopic (exact) mass is 225 g/mol. The van der Waals surface area contributed by atoms with E-state index in [0.717, 1.165) is 10.6 Å². The molecule has 0 atom stereocenters. The van der Waals surface area contributed by atoms with Gasteiger partial charge in [-0.15, -0.1) is 6.42 Å². The van der Waals surface area contributed by atoms with E-state index in [1.807, 2.05) is 0 Å². The molecule has 1 aromatic carbocycles. The Morgan fingerprint density at radius 2 is 2.07 bits per heavy atom. The van der Waals surface area contributed by atoms with E-state index in [4.69, 9.17) is 6.42 Å². The summed E-state index contributed by atoms with van der Waals surface area (Å²) in [5.74, 6) is 2.12. The van der Waals surface area contributed by atoms with Crippen LogP contribution in [-0.2, 0) is 10.0 Å². The minimum atomic E-state index is -3.47. The Balaban J connectivity index is 3.24. The van der Waals surface area contributed by atoms with Crippen LogP contribution in [0, 0.1) is 12.3 Å². The normalized spacial score (nSPS) is 10.7. The maximum atomic E-state index is 11.4. The highest BCUT2D eigenvalue weighted by molar-refractivity contribution is 7.92. The molecule has 4 nitrogen and oxygen atoms in total. The fourth-order valence-electron chi connectivity index (χ4n) is 1.14. The van der Waals surface area contributed by atoms with Crippen molar-refractivity contribution in [2.75, 3.05) is 17.1 Å². The quantitative estimate of drug-likeness (QED) is 0.774. The number of phenolic OH excluding ortho intramolecular Hbond substituents is 1. The zero-order chi connectivity index (χ0) is 11.5. The highest BCUT2D eigenvalue weighted by Gasteiger charge is 2.18. The van der Waals surface area contributed by atoms with Gasteiger partial charge in [0.1, 0.15) is 5.75 Å². The Labute approximate surface area is 89.2 Å². The zero-order valence-electron chi connectivity index (χ0n) is 8.21. The summed E-state index contributed by atoms with van der Waals surface area (Å²) in [5.41, 5.74) is 0.193. The van der Waals surface area contributed by atoms with Gasteiger partial charge in [0.25, 0.3) is 0 Å². The lowest BCUT2D eigenvalue weighted by Gasteiger charge is -2.20. The number of sulfonamides is 1. The molecule has 0 saturated heterocycles. The summed E-state index contributed by atoms with van der Waals surface area (Å²) in [7, 11) is -3.47. The molecule has 0 heterocycles. The first kappa shape index (κ1) is 11.4. The molecule has 0 aliphatic heterocycles. The van der Waals surface area contributed by atoms with Crippen LogP contribution in [-0.4, -0.2) is 26.3 Å². The molecule has 0 aliphatic rings. The van der Waals surface area contributed by atoms with Crippen molar-refractivity contribution in [3.8, 4) is 18.1 Å². The van der Waals surface area contributed by atoms with Crippen molar-refractivity contribution in [2.24, 2.45) is 0 Å². The average Bonchev–Trinajstić information content (AvgIpc) is 2.14. The number of anilines is 1. The van der Waals surface area contributed by atoms with E-state index in [1.165, 1.54) is 12.1 Å². The first-order valence-corrected chi connectivity index (χ1v) is 6.01. The molecule has 5 heteroatoms. The molecule has 15 heavy (non-hydrogen) atoms. The maximum absolute atomic E-state index is 11.4. The Hall–Kier alpha value is -1.67. The van der Waals surface area contributed by atoms with Crippen molar-refractivity contribution in [3.05, 3.63) is 24.3 Å². The number of nitrogens with zero attached hydrogens (tertiary/aromatic N) is 1. The first-order chi connectivity index (χ1) is 6.96. The molecule has 80 valence electrons. The molecule has 1 N–H and O–H groups in total. The van der Waals surface area contributed by atoms with Crippen molar-refractivity contribution in [3.63, 3.8) is 0 Å². The Morgan fingerprint density at radius 1 is 1.47 bits per heavy atom. The van der Waals surface area contributed by atoms with Crippen molar-refractivity contribution in [1.82, 2.24) is 0 Å². The molecule has 0 amide bonds. The number of aromatic hydroxyl groups is 1. The van der Waals surface area contributed by atoms with Gasteiger partial charge in [0, 0.05) is 0 Å². The average molecular weight is 225 g/mol. The maximum Gasteiger partial charge on any atom is 0.233 e. The van der Waals surface area contributed by atoms with Gasteiger partial charge in [-0.1, -0.05) is 18.1 Å². The summed E-state index contributed by atoms with van der Waals surface area (Å²) in [5, 5.41) is 9.50. The third kappa shape index (κ3) is 2.64. The van der Waals surface area contributed by atoms with Gasteiger partial charge in [-0.3, -0.25) is 4.31 Å². The molecule has 0 fully saturated rings. The van der Waals surface area contributed by atoms with Gasteiger partial charge in [-0.25, -0.2) is 8.42 Å². The first-order valence-electron chi connectivity index (χ1n) is 4.16. The van der Waals surface area contributed by atoms with Crippen LogP contribution in [0.25, 0.3) is 0 Å². The third-order valence-electron chi connectivity index (χ3n) is 1.79. The van der Waals surface area contributed by atoms with Crippen molar-refractivity contribution < 1.29 is 13.5 Å². The van der Waals surface area contributed by atoms with Crippen LogP contribution in [0.15, 0.2) is 24.3 Å². The smallest absolute Gasteiger partial charge is 0.233 e. The van der Waals surface area contributed by atoms with E-state index < -0.39 is 10.0 Å². The Bertz CT molecular complexity index is 488. The van der Waals surface area contributed by atoms with Crippen LogP contribution in [0.1, 0.15) is 0 Å². The fourth-order valence-corrected chi connectivity index (χ4v) is 1.96. The Morgan fingerprint density at radius 3 is 2.53 bits per heavy atom. The highest BCUT2D eigenvalue weighted by Crippen LogP contribution is 2.27. The SMILES string of the molecule is C#CCN(c1ccccc1O)S(C)(=O)=O. The van der Waals surface area contributed by atoms with Gasteiger partial charge in [0.05, 0.1) is 18.5 Å². The van der Waals surface area contributed by atoms with Crippen LogP contribution >= 0.6 is 0 Å². The minimum Gasteiger partial charge on any atom is -0.506 e. The minimum absolute atomic E-state index is 0.101. The van der Waals surface area contributed by atoms with Crippen LogP contribution in [0.5, 0.6) is 5.75 Å². The van der Waals surface area contributed by atoms with Crippen LogP contribution in [0.2, 0.25) is 0 Å². The van der Waals surface area contributed by atoms with E-state index in [1.54, 1.807) is 12.1 Å². The number of hydrogen-bond acceptors (Lipinski definition) is 3. The molecule has 0 saturated carbocycles. The molecule has 0 radical (unpaired) electrons. The van der Waals surface area contributed by atoms with Gasteiger partial charge in [-0.2, -0.15) is 0 Å². The van der Waals surface area contributed by atoms with E-state index in [2.05, 4.69) is 5.92 Å². The zero-order valence-corrected chi connectivity index (χ0v) is 9.03. The van der Waals surface area contributed by atoms with Crippen LogP contribution < -0.4 is 4.31 Å². The van der Waals surface area contributed by atoms with Crippen molar-refractivity contribution in [1.29, 1.82) is 0 Å². The molecule has 0 spiro atoms. The summed E-state index contributed by atoms with van der Waals surface area (Å²) in [6, 6.07) is 6.14. The summed E-state index contributed by atoms with van der Waals surface area (Å²) >= 11 is 0. The Kier molecular flexibility index (Phi) is 3.22. The van der Waals surface area contributed by atoms with Crippen molar-refractivity contribution in [2.45, 2.75) is 0 Å². The van der Waals surface area contributed by atoms with Crippen LogP contribution in [0.4, 0.5) is 5.69 Å². The van der Waals surface area contributed by atoms with Gasteiger partial charge >= 0.3 is 0 Å². The highest BCUT2D eigenvalue weighted by atomic mass is 32.2. The summed E-state index contributed by atoms with van der Waals surface area (Å²) in [6.45, 7) is -0.101. The summed E-state index contributed by atoms with van der Waals surface area (Å²) in [4.78, 5) is 0. The van der Waals surface area contributed by atoms with E-state index in [9.17, 15) is 13.5 Å². The van der Waals surface area contributed by atoms with E-state index in [0.29, 0.717) is 0 Å². The number of terminal acetylenes is 1. The molecule has 0 aromatic heterocycles. The van der Waals surface area contributed by atoms with E-state index >= 15 is 0 Å². The lowest BCUT2D eigenvalue weighted by Crippen LogP contribution is -2.30. The predicted octanol–water partition coefficient (Wildman–Crippen LogP) is 0.791. The number of benzene rings is 1. The topological polar surface area (TPSA) is 57.6 Å². The molecule has 0 aliphatic carbocycles. The molecular formula is C10H11NO3S. The standard InChI is InChI=1S/C10H11NO3S/c1-3-8-11(15(2,13)14)9-6-4-5-7-10(9)12/h1,4-7,12H,8H2,2H3.